The summed E-state index contributed by atoms with van der Waals surface area (Å²) in [7, 11) is 1.41. The van der Waals surface area contributed by atoms with Crippen LogP contribution in [0.1, 0.15) is 16.8 Å². The number of nitrogen functional groups attached to an aromatic ring is 1. The van der Waals surface area contributed by atoms with Crippen molar-refractivity contribution in [2.24, 2.45) is 4.99 Å². The third kappa shape index (κ3) is 3.73. The van der Waals surface area contributed by atoms with Crippen LogP contribution in [0, 0.1) is 36.0 Å². The summed E-state index contributed by atoms with van der Waals surface area (Å²) in [6, 6.07) is 3.20. The third-order valence-electron chi connectivity index (χ3n) is 4.01. The molecule has 0 fully saturated rings. The maximum absolute atomic E-state index is 14.7. The second-order valence-electron chi connectivity index (χ2n) is 5.83. The molecular weight excluding hydrogens is 395 g/mol. The molecule has 5 nitrogen and oxygen atoms in total. The maximum Gasteiger partial charge on any atom is 0.204 e. The van der Waals surface area contributed by atoms with Gasteiger partial charge in [-0.15, -0.1) is 0 Å². The zero-order chi connectivity index (χ0) is 21.3. The van der Waals surface area contributed by atoms with Crippen LogP contribution in [0.15, 0.2) is 35.6 Å². The minimum Gasteiger partial charge on any atom is -0.451 e. The molecule has 0 radical (unpaired) electrons. The molecule has 0 atom stereocenters. The van der Waals surface area contributed by atoms with Gasteiger partial charge in [0.15, 0.2) is 11.6 Å². The molecule has 150 valence electrons. The molecule has 3 rings (SSSR count). The van der Waals surface area contributed by atoms with Crippen LogP contribution in [0.5, 0.6) is 11.5 Å². The summed E-state index contributed by atoms with van der Waals surface area (Å²) in [5.41, 5.74) is 6.73. The monoisotopic (exact) mass is 408 g/mol. The summed E-state index contributed by atoms with van der Waals surface area (Å²) >= 11 is 0. The first-order valence-corrected chi connectivity index (χ1v) is 8.09. The highest BCUT2D eigenvalue weighted by Gasteiger charge is 2.23. The number of hydrogen-bond donors (Lipinski definition) is 1. The molecule has 2 N–H and O–H groups in total. The van der Waals surface area contributed by atoms with Gasteiger partial charge in [0.1, 0.15) is 23.7 Å². The van der Waals surface area contributed by atoms with Crippen molar-refractivity contribution in [1.82, 2.24) is 9.97 Å². The topological polar surface area (TPSA) is 73.4 Å². The number of halogens is 5. The van der Waals surface area contributed by atoms with Crippen molar-refractivity contribution in [1.29, 1.82) is 0 Å². The molecule has 0 aliphatic heterocycles. The van der Waals surface area contributed by atoms with E-state index in [2.05, 4.69) is 15.0 Å². The lowest BCUT2D eigenvalue weighted by molar-refractivity contribution is 0.365. The summed E-state index contributed by atoms with van der Waals surface area (Å²) in [6.07, 6.45) is 1.25. The van der Waals surface area contributed by atoms with Crippen molar-refractivity contribution >= 4 is 11.5 Å². The van der Waals surface area contributed by atoms with Crippen molar-refractivity contribution in [2.45, 2.75) is 6.92 Å². The summed E-state index contributed by atoms with van der Waals surface area (Å²) in [5.74, 6) is -9.30. The van der Waals surface area contributed by atoms with Gasteiger partial charge in [-0.3, -0.25) is 4.99 Å². The Balaban J connectivity index is 2.02. The van der Waals surface area contributed by atoms with Gasteiger partial charge >= 0.3 is 0 Å². The Morgan fingerprint density at radius 1 is 0.966 bits per heavy atom. The Morgan fingerprint density at radius 2 is 1.62 bits per heavy atom. The van der Waals surface area contributed by atoms with Gasteiger partial charge < -0.3 is 10.5 Å². The number of hydrogen-bond acceptors (Lipinski definition) is 5. The van der Waals surface area contributed by atoms with Gasteiger partial charge in [0.25, 0.3) is 0 Å². The maximum atomic E-state index is 14.7. The molecule has 1 aromatic heterocycles. The first-order chi connectivity index (χ1) is 13.7. The number of aliphatic imine (C=N–C) groups is 1. The fourth-order valence-electron chi connectivity index (χ4n) is 2.66. The van der Waals surface area contributed by atoms with E-state index < -0.39 is 40.6 Å². The van der Waals surface area contributed by atoms with E-state index in [0.717, 1.165) is 12.1 Å². The van der Waals surface area contributed by atoms with Gasteiger partial charge in [-0.1, -0.05) is 0 Å². The van der Waals surface area contributed by atoms with E-state index in [1.165, 1.54) is 19.4 Å². The number of anilines is 1. The standard InChI is InChI=1S/C19H13F5N4O/c1-8-14(19(25)28-7-27-8)17(26-2)10-4-3-9(5-11(10)20)29-18-15(23)12(21)6-13(22)16(18)24/h3-7H,1-2H3,(H2,25,27,28). The predicted molar refractivity (Wildman–Crippen MR) is 95.5 cm³/mol. The lowest BCUT2D eigenvalue weighted by Gasteiger charge is -2.13. The number of ether oxygens (including phenoxy) is 1. The number of benzene rings is 2. The minimum atomic E-state index is -1.74. The van der Waals surface area contributed by atoms with Crippen molar-refractivity contribution < 1.29 is 26.7 Å². The van der Waals surface area contributed by atoms with Crippen LogP contribution in [-0.2, 0) is 0 Å². The van der Waals surface area contributed by atoms with Crippen molar-refractivity contribution in [2.75, 3.05) is 12.8 Å². The third-order valence-corrected chi connectivity index (χ3v) is 4.01. The number of aromatic nitrogens is 2. The highest BCUT2D eigenvalue weighted by atomic mass is 19.2. The molecule has 0 amide bonds. The molecule has 0 unspecified atom stereocenters. The number of nitrogens with two attached hydrogens (primary N) is 1. The fourth-order valence-corrected chi connectivity index (χ4v) is 2.66. The minimum absolute atomic E-state index is 0.0178. The van der Waals surface area contributed by atoms with Crippen LogP contribution < -0.4 is 10.5 Å². The highest BCUT2D eigenvalue weighted by Crippen LogP contribution is 2.32. The normalized spacial score (nSPS) is 11.6. The van der Waals surface area contributed by atoms with E-state index in [-0.39, 0.29) is 23.2 Å². The zero-order valence-corrected chi connectivity index (χ0v) is 15.1. The van der Waals surface area contributed by atoms with E-state index in [1.807, 2.05) is 0 Å². The average Bonchev–Trinajstić information content (AvgIpc) is 2.67. The molecule has 29 heavy (non-hydrogen) atoms. The van der Waals surface area contributed by atoms with Crippen LogP contribution in [0.4, 0.5) is 27.8 Å². The smallest absolute Gasteiger partial charge is 0.204 e. The summed E-state index contributed by atoms with van der Waals surface area (Å²) < 4.78 is 73.7. The average molecular weight is 408 g/mol. The van der Waals surface area contributed by atoms with E-state index in [9.17, 15) is 22.0 Å². The van der Waals surface area contributed by atoms with E-state index in [0.29, 0.717) is 11.3 Å². The summed E-state index contributed by atoms with van der Waals surface area (Å²) in [5, 5.41) is 0. The van der Waals surface area contributed by atoms with Gasteiger partial charge in [-0.05, 0) is 19.1 Å². The Kier molecular flexibility index (Phi) is 5.44. The molecular formula is C19H13F5N4O. The first kappa shape index (κ1) is 20.2. The largest absolute Gasteiger partial charge is 0.451 e. The van der Waals surface area contributed by atoms with Crippen LogP contribution in [0.2, 0.25) is 0 Å². The quantitative estimate of drug-likeness (QED) is 0.396. The molecule has 0 aliphatic carbocycles. The Labute approximate surface area is 161 Å². The lowest BCUT2D eigenvalue weighted by Crippen LogP contribution is -2.13. The Hall–Kier alpha value is -3.56. The van der Waals surface area contributed by atoms with E-state index in [1.54, 1.807) is 6.92 Å². The summed E-state index contributed by atoms with van der Waals surface area (Å²) in [4.78, 5) is 11.9. The predicted octanol–water partition coefficient (Wildman–Crippen LogP) is 4.32. The number of aryl methyl sites for hydroxylation is 1. The Bertz CT molecular complexity index is 1090. The van der Waals surface area contributed by atoms with Crippen LogP contribution in [0.3, 0.4) is 0 Å². The van der Waals surface area contributed by atoms with Crippen molar-refractivity contribution in [3.8, 4) is 11.5 Å². The number of rotatable bonds is 4. The van der Waals surface area contributed by atoms with Crippen LogP contribution >= 0.6 is 0 Å². The molecule has 0 saturated carbocycles. The second-order valence-corrected chi connectivity index (χ2v) is 5.83. The molecule has 2 aromatic carbocycles. The second kappa shape index (κ2) is 7.82. The molecule has 0 aliphatic rings. The van der Waals surface area contributed by atoms with E-state index in [4.69, 9.17) is 10.5 Å². The SMILES string of the molecule is CN=C(c1ccc(Oc2c(F)c(F)cc(F)c2F)cc1F)c1c(C)ncnc1N. The molecule has 1 heterocycles. The zero-order valence-electron chi connectivity index (χ0n) is 15.1. The van der Waals surface area contributed by atoms with Crippen LogP contribution in [-0.4, -0.2) is 22.7 Å². The van der Waals surface area contributed by atoms with Gasteiger partial charge in [-0.25, -0.2) is 23.1 Å². The van der Waals surface area contributed by atoms with Gasteiger partial charge in [-0.2, -0.15) is 8.78 Å². The molecule has 3 aromatic rings. The van der Waals surface area contributed by atoms with Crippen molar-refractivity contribution in [3.05, 3.63) is 76.5 Å². The van der Waals surface area contributed by atoms with E-state index >= 15 is 0 Å². The Morgan fingerprint density at radius 3 is 2.17 bits per heavy atom. The van der Waals surface area contributed by atoms with Gasteiger partial charge in [0, 0.05) is 24.7 Å². The van der Waals surface area contributed by atoms with Gasteiger partial charge in [0.05, 0.1) is 17.0 Å². The van der Waals surface area contributed by atoms with Crippen LogP contribution in [0.25, 0.3) is 0 Å². The lowest BCUT2D eigenvalue weighted by atomic mass is 10.0. The first-order valence-electron chi connectivity index (χ1n) is 8.09. The molecule has 0 spiro atoms. The molecule has 10 heteroatoms. The molecule has 0 saturated heterocycles. The fraction of sp³-hybridized carbons (Fsp3) is 0.105. The number of nitrogens with zero attached hydrogens (tertiary/aromatic N) is 3. The van der Waals surface area contributed by atoms with Crippen molar-refractivity contribution in [3.63, 3.8) is 0 Å². The highest BCUT2D eigenvalue weighted by molar-refractivity contribution is 6.16. The molecule has 0 bridgehead atoms. The summed E-state index contributed by atoms with van der Waals surface area (Å²) in [6.45, 7) is 1.64. The van der Waals surface area contributed by atoms with Gasteiger partial charge in [0.2, 0.25) is 17.4 Å².